The van der Waals surface area contributed by atoms with Crippen molar-refractivity contribution in [2.75, 3.05) is 19.6 Å². The van der Waals surface area contributed by atoms with Gasteiger partial charge in [-0.25, -0.2) is 0 Å². The average molecular weight is 413 g/mol. The van der Waals surface area contributed by atoms with Gasteiger partial charge in [0.25, 0.3) is 0 Å². The van der Waals surface area contributed by atoms with Crippen molar-refractivity contribution in [2.24, 2.45) is 11.8 Å². The molecule has 0 saturated carbocycles. The van der Waals surface area contributed by atoms with Crippen LogP contribution in [0.25, 0.3) is 0 Å². The lowest BCUT2D eigenvalue weighted by molar-refractivity contribution is -0.143. The summed E-state index contributed by atoms with van der Waals surface area (Å²) in [6.07, 6.45) is 0.878. The van der Waals surface area contributed by atoms with Crippen LogP contribution in [-0.4, -0.2) is 41.2 Å². The molecule has 0 aliphatic carbocycles. The quantitative estimate of drug-likeness (QED) is 0.692. The molecule has 29 heavy (non-hydrogen) atoms. The lowest BCUT2D eigenvalue weighted by atomic mass is 9.92. The van der Waals surface area contributed by atoms with Gasteiger partial charge in [-0.1, -0.05) is 57.5 Å². The first kappa shape index (κ1) is 21.6. The Morgan fingerprint density at radius 3 is 2.45 bits per heavy atom. The number of benzene rings is 1. The molecule has 0 spiro atoms. The highest BCUT2D eigenvalue weighted by Crippen LogP contribution is 2.38. The number of carbonyl (C=O) groups excluding carboxylic acids is 2. The van der Waals surface area contributed by atoms with Gasteiger partial charge in [-0.15, -0.1) is 11.3 Å². The highest BCUT2D eigenvalue weighted by atomic mass is 32.1. The van der Waals surface area contributed by atoms with Crippen LogP contribution in [0.5, 0.6) is 0 Å². The fourth-order valence-corrected chi connectivity index (χ4v) is 4.89. The van der Waals surface area contributed by atoms with Gasteiger partial charge in [-0.3, -0.25) is 9.59 Å². The van der Waals surface area contributed by atoms with Crippen LogP contribution in [0.4, 0.5) is 0 Å². The van der Waals surface area contributed by atoms with E-state index in [0.717, 1.165) is 12.0 Å². The summed E-state index contributed by atoms with van der Waals surface area (Å²) in [4.78, 5) is 31.2. The Bertz CT molecular complexity index is 854. The van der Waals surface area contributed by atoms with Crippen molar-refractivity contribution in [3.8, 4) is 0 Å². The molecule has 0 N–H and O–H groups in total. The third-order valence-electron chi connectivity index (χ3n) is 5.40. The molecule has 1 aliphatic heterocycles. The summed E-state index contributed by atoms with van der Waals surface area (Å²) in [5, 5.41) is 2.12. The minimum Gasteiger partial charge on any atom is -0.333 e. The predicted molar refractivity (Wildman–Crippen MR) is 119 cm³/mol. The SMILES string of the molecule is Cc1ccc([C@@H]2c3ccsc3CCN2C(=O)CN(CC(C)C)C(=O)C(C)C)cc1. The van der Waals surface area contributed by atoms with E-state index in [9.17, 15) is 9.59 Å². The van der Waals surface area contributed by atoms with Crippen LogP contribution in [0.2, 0.25) is 0 Å². The van der Waals surface area contributed by atoms with Crippen LogP contribution < -0.4 is 0 Å². The zero-order chi connectivity index (χ0) is 21.1. The van der Waals surface area contributed by atoms with E-state index in [1.165, 1.54) is 16.0 Å². The highest BCUT2D eigenvalue weighted by Gasteiger charge is 2.34. The number of carbonyl (C=O) groups is 2. The first-order valence-electron chi connectivity index (χ1n) is 10.5. The van der Waals surface area contributed by atoms with Gasteiger partial charge in [0.15, 0.2) is 0 Å². The lowest BCUT2D eigenvalue weighted by Crippen LogP contribution is -2.48. The van der Waals surface area contributed by atoms with Crippen LogP contribution in [0.1, 0.15) is 55.3 Å². The van der Waals surface area contributed by atoms with Crippen molar-refractivity contribution >= 4 is 23.2 Å². The van der Waals surface area contributed by atoms with E-state index in [1.54, 1.807) is 16.2 Å². The van der Waals surface area contributed by atoms with Gasteiger partial charge in [0, 0.05) is 23.9 Å². The average Bonchev–Trinajstić information content (AvgIpc) is 3.15. The Morgan fingerprint density at radius 1 is 1.14 bits per heavy atom. The number of hydrogen-bond acceptors (Lipinski definition) is 3. The summed E-state index contributed by atoms with van der Waals surface area (Å²) in [6, 6.07) is 10.5. The summed E-state index contributed by atoms with van der Waals surface area (Å²) < 4.78 is 0. The van der Waals surface area contributed by atoms with E-state index >= 15 is 0 Å². The first-order valence-corrected chi connectivity index (χ1v) is 11.4. The molecular formula is C24H32N2O2S. The molecule has 3 rings (SSSR count). The van der Waals surface area contributed by atoms with Gasteiger partial charge in [0.1, 0.15) is 0 Å². The number of aryl methyl sites for hydroxylation is 1. The van der Waals surface area contributed by atoms with Crippen molar-refractivity contribution < 1.29 is 9.59 Å². The molecular weight excluding hydrogens is 380 g/mol. The maximum atomic E-state index is 13.4. The van der Waals surface area contributed by atoms with Crippen molar-refractivity contribution in [3.63, 3.8) is 0 Å². The van der Waals surface area contributed by atoms with Crippen molar-refractivity contribution in [2.45, 2.75) is 47.1 Å². The molecule has 0 fully saturated rings. The summed E-state index contributed by atoms with van der Waals surface area (Å²) >= 11 is 1.77. The normalized spacial score (nSPS) is 16.2. The number of hydrogen-bond donors (Lipinski definition) is 0. The second-order valence-electron chi connectivity index (χ2n) is 8.72. The maximum Gasteiger partial charge on any atom is 0.242 e. The summed E-state index contributed by atoms with van der Waals surface area (Å²) in [6.45, 7) is 11.5. The smallest absolute Gasteiger partial charge is 0.242 e. The molecule has 1 aliphatic rings. The fourth-order valence-electron chi connectivity index (χ4n) is 3.99. The van der Waals surface area contributed by atoms with Crippen LogP contribution in [-0.2, 0) is 16.0 Å². The summed E-state index contributed by atoms with van der Waals surface area (Å²) in [7, 11) is 0. The van der Waals surface area contributed by atoms with Crippen LogP contribution in [0.15, 0.2) is 35.7 Å². The number of rotatable bonds is 6. The Kier molecular flexibility index (Phi) is 6.78. The van der Waals surface area contributed by atoms with Crippen LogP contribution in [0.3, 0.4) is 0 Å². The summed E-state index contributed by atoms with van der Waals surface area (Å²) in [5.74, 6) is 0.289. The molecule has 2 heterocycles. The van der Waals surface area contributed by atoms with E-state index in [0.29, 0.717) is 19.0 Å². The molecule has 2 amide bonds. The first-order chi connectivity index (χ1) is 13.8. The molecule has 2 aromatic rings. The van der Waals surface area contributed by atoms with Gasteiger partial charge < -0.3 is 9.80 Å². The molecule has 0 bridgehead atoms. The Hall–Kier alpha value is -2.14. The van der Waals surface area contributed by atoms with Crippen molar-refractivity contribution in [1.29, 1.82) is 0 Å². The molecule has 1 atom stereocenters. The molecule has 1 aromatic heterocycles. The third-order valence-corrected chi connectivity index (χ3v) is 6.39. The monoisotopic (exact) mass is 412 g/mol. The van der Waals surface area contributed by atoms with Gasteiger partial charge in [-0.05, 0) is 41.8 Å². The standard InChI is InChI=1S/C24H32N2O2S/c1-16(2)14-25(24(28)17(3)4)15-22(27)26-12-10-21-20(11-13-29-21)23(26)19-8-6-18(5)7-9-19/h6-9,11,13,16-17,23H,10,12,14-15H2,1-5H3/t23-/m1/s1. The molecule has 156 valence electrons. The third kappa shape index (κ3) is 4.89. The van der Waals surface area contributed by atoms with Gasteiger partial charge in [0.05, 0.1) is 12.6 Å². The molecule has 1 aromatic carbocycles. The van der Waals surface area contributed by atoms with Crippen molar-refractivity contribution in [1.82, 2.24) is 9.80 Å². The predicted octanol–water partition coefficient (Wildman–Crippen LogP) is 4.67. The largest absolute Gasteiger partial charge is 0.333 e. The highest BCUT2D eigenvalue weighted by molar-refractivity contribution is 7.10. The number of amides is 2. The summed E-state index contributed by atoms with van der Waals surface area (Å²) in [5.41, 5.74) is 3.57. The van der Waals surface area contributed by atoms with E-state index in [4.69, 9.17) is 0 Å². The van der Waals surface area contributed by atoms with Gasteiger partial charge in [0.2, 0.25) is 11.8 Å². The number of fused-ring (bicyclic) bond motifs is 1. The maximum absolute atomic E-state index is 13.4. The zero-order valence-electron chi connectivity index (χ0n) is 18.1. The topological polar surface area (TPSA) is 40.6 Å². The fraction of sp³-hybridized carbons (Fsp3) is 0.500. The van der Waals surface area contributed by atoms with Crippen LogP contribution >= 0.6 is 11.3 Å². The zero-order valence-corrected chi connectivity index (χ0v) is 19.0. The van der Waals surface area contributed by atoms with E-state index < -0.39 is 0 Å². The van der Waals surface area contributed by atoms with Crippen molar-refractivity contribution in [3.05, 3.63) is 57.3 Å². The minimum absolute atomic E-state index is 0.0297. The molecule has 4 nitrogen and oxygen atoms in total. The van der Waals surface area contributed by atoms with E-state index in [1.807, 2.05) is 18.7 Å². The molecule has 5 heteroatoms. The van der Waals surface area contributed by atoms with Gasteiger partial charge in [-0.2, -0.15) is 0 Å². The van der Waals surface area contributed by atoms with Crippen LogP contribution in [0, 0.1) is 18.8 Å². The van der Waals surface area contributed by atoms with Gasteiger partial charge >= 0.3 is 0 Å². The molecule has 0 saturated heterocycles. The molecule has 0 radical (unpaired) electrons. The Balaban J connectivity index is 1.89. The number of nitrogens with zero attached hydrogens (tertiary/aromatic N) is 2. The molecule has 0 unspecified atom stereocenters. The number of thiophene rings is 1. The van der Waals surface area contributed by atoms with E-state index in [-0.39, 0.29) is 30.3 Å². The Morgan fingerprint density at radius 2 is 1.83 bits per heavy atom. The second-order valence-corrected chi connectivity index (χ2v) is 9.72. The minimum atomic E-state index is -0.112. The van der Waals surface area contributed by atoms with E-state index in [2.05, 4.69) is 56.5 Å². The second kappa shape index (κ2) is 9.12. The lowest BCUT2D eigenvalue weighted by Gasteiger charge is -2.38. The Labute approximate surface area is 178 Å².